The Labute approximate surface area is 127 Å². The molecule has 2 aromatic rings. The molecule has 22 heavy (non-hydrogen) atoms. The molecule has 0 N–H and O–H groups in total. The molecular weight excluding hydrogens is 283 g/mol. The zero-order valence-electron chi connectivity index (χ0n) is 12.1. The van der Waals surface area contributed by atoms with Crippen LogP contribution in [0.3, 0.4) is 0 Å². The first-order valence-corrected chi connectivity index (χ1v) is 7.11. The summed E-state index contributed by atoms with van der Waals surface area (Å²) in [5.74, 6) is -0.453. The van der Waals surface area contributed by atoms with Gasteiger partial charge in [-0.3, -0.25) is 9.59 Å². The second kappa shape index (κ2) is 5.72. The lowest BCUT2D eigenvalue weighted by atomic mass is 9.87. The minimum absolute atomic E-state index is 0.116. The van der Waals surface area contributed by atoms with Crippen LogP contribution in [-0.4, -0.2) is 17.7 Å². The quantitative estimate of drug-likeness (QED) is 0.811. The zero-order valence-corrected chi connectivity index (χ0v) is 12.1. The molecule has 0 fully saturated rings. The Morgan fingerprint density at radius 3 is 2.64 bits per heavy atom. The first kappa shape index (κ1) is 14.4. The van der Waals surface area contributed by atoms with E-state index in [1.165, 1.54) is 25.1 Å². The molecular formula is C18H15FO3. The van der Waals surface area contributed by atoms with Crippen molar-refractivity contribution in [2.24, 2.45) is 0 Å². The molecule has 3 rings (SSSR count). The number of carbonyl (C=O) groups excluding carboxylic acids is 2. The molecule has 3 nitrogen and oxygen atoms in total. The summed E-state index contributed by atoms with van der Waals surface area (Å²) < 4.78 is 18.9. The second-order valence-electron chi connectivity index (χ2n) is 5.43. The van der Waals surface area contributed by atoms with Crippen molar-refractivity contribution in [1.29, 1.82) is 0 Å². The predicted octanol–water partition coefficient (Wildman–Crippen LogP) is 3.53. The summed E-state index contributed by atoms with van der Waals surface area (Å²) in [7, 11) is 0. The fourth-order valence-electron chi connectivity index (χ4n) is 2.84. The van der Waals surface area contributed by atoms with Crippen LogP contribution in [0, 0.1) is 5.82 Å². The number of ether oxygens (including phenoxy) is 1. The van der Waals surface area contributed by atoms with Crippen molar-refractivity contribution in [3.05, 3.63) is 65.5 Å². The molecule has 0 saturated carbocycles. The fourth-order valence-corrected chi connectivity index (χ4v) is 2.84. The van der Waals surface area contributed by atoms with E-state index in [0.717, 1.165) is 5.56 Å². The van der Waals surface area contributed by atoms with Crippen molar-refractivity contribution in [3.63, 3.8) is 0 Å². The van der Waals surface area contributed by atoms with E-state index >= 15 is 0 Å². The summed E-state index contributed by atoms with van der Waals surface area (Å²) in [4.78, 5) is 24.2. The van der Waals surface area contributed by atoms with Crippen LogP contribution in [0.1, 0.15) is 35.2 Å². The molecule has 0 aromatic heterocycles. The highest BCUT2D eigenvalue weighted by Gasteiger charge is 2.38. The maximum Gasteiger partial charge on any atom is 0.170 e. The molecule has 0 radical (unpaired) electrons. The summed E-state index contributed by atoms with van der Waals surface area (Å²) in [6, 6.07) is 12.9. The second-order valence-corrected chi connectivity index (χ2v) is 5.43. The maximum absolute atomic E-state index is 13.3. The molecule has 4 heteroatoms. The van der Waals surface area contributed by atoms with Crippen molar-refractivity contribution in [2.45, 2.75) is 25.4 Å². The summed E-state index contributed by atoms with van der Waals surface area (Å²) >= 11 is 0. The molecule has 0 amide bonds. The highest BCUT2D eigenvalue weighted by molar-refractivity contribution is 5.97. The Bertz CT molecular complexity index is 739. The first-order valence-electron chi connectivity index (χ1n) is 7.11. The van der Waals surface area contributed by atoms with Crippen molar-refractivity contribution in [1.82, 2.24) is 0 Å². The van der Waals surface area contributed by atoms with Crippen LogP contribution in [0.4, 0.5) is 4.39 Å². The van der Waals surface area contributed by atoms with Crippen LogP contribution in [0.2, 0.25) is 0 Å². The van der Waals surface area contributed by atoms with E-state index < -0.39 is 11.9 Å². The number of para-hydroxylation sites is 1. The molecule has 1 aliphatic heterocycles. The van der Waals surface area contributed by atoms with Crippen LogP contribution in [0.5, 0.6) is 5.75 Å². The third kappa shape index (κ3) is 2.64. The van der Waals surface area contributed by atoms with Gasteiger partial charge in [0.1, 0.15) is 11.6 Å². The minimum atomic E-state index is -0.657. The summed E-state index contributed by atoms with van der Waals surface area (Å²) in [6.07, 6.45) is -0.542. The van der Waals surface area contributed by atoms with Crippen molar-refractivity contribution < 1.29 is 18.7 Å². The SMILES string of the molecule is CC(=O)[C@H]1Oc2ccccc2[C@@H]1CC(=O)c1cccc(F)c1. The third-order valence-corrected chi connectivity index (χ3v) is 3.89. The highest BCUT2D eigenvalue weighted by Crippen LogP contribution is 2.40. The summed E-state index contributed by atoms with van der Waals surface area (Å²) in [6.45, 7) is 1.45. The van der Waals surface area contributed by atoms with Gasteiger partial charge in [-0.1, -0.05) is 30.3 Å². The largest absolute Gasteiger partial charge is 0.482 e. The summed E-state index contributed by atoms with van der Waals surface area (Å²) in [5, 5.41) is 0. The standard InChI is InChI=1S/C18H15FO3/c1-11(20)18-15(14-7-2-3-8-17(14)22-18)10-16(21)12-5-4-6-13(19)9-12/h2-9,15,18H,10H2,1H3/t15-,18+/m0/s1. The number of halogens is 1. The third-order valence-electron chi connectivity index (χ3n) is 3.89. The molecule has 0 saturated heterocycles. The van der Waals surface area contributed by atoms with Gasteiger partial charge < -0.3 is 4.74 Å². The van der Waals surface area contributed by atoms with Gasteiger partial charge in [-0.25, -0.2) is 4.39 Å². The molecule has 0 bridgehead atoms. The van der Waals surface area contributed by atoms with E-state index in [-0.39, 0.29) is 23.9 Å². The van der Waals surface area contributed by atoms with Crippen LogP contribution in [-0.2, 0) is 4.79 Å². The number of carbonyl (C=O) groups is 2. The zero-order chi connectivity index (χ0) is 15.7. The van der Waals surface area contributed by atoms with Gasteiger partial charge in [-0.2, -0.15) is 0 Å². The molecule has 1 heterocycles. The van der Waals surface area contributed by atoms with E-state index in [2.05, 4.69) is 0 Å². The van der Waals surface area contributed by atoms with Gasteiger partial charge in [0.15, 0.2) is 17.7 Å². The number of Topliss-reactive ketones (excluding diaryl/α,β-unsaturated/α-hetero) is 2. The van der Waals surface area contributed by atoms with E-state index in [9.17, 15) is 14.0 Å². The van der Waals surface area contributed by atoms with Crippen molar-refractivity contribution >= 4 is 11.6 Å². The molecule has 2 aromatic carbocycles. The van der Waals surface area contributed by atoms with Crippen LogP contribution in [0.15, 0.2) is 48.5 Å². The monoisotopic (exact) mass is 298 g/mol. The smallest absolute Gasteiger partial charge is 0.170 e. The molecule has 0 unspecified atom stereocenters. The summed E-state index contributed by atoms with van der Waals surface area (Å²) in [5.41, 5.74) is 1.17. The average molecular weight is 298 g/mol. The van der Waals surface area contributed by atoms with Gasteiger partial charge in [0.2, 0.25) is 0 Å². The van der Waals surface area contributed by atoms with Gasteiger partial charge >= 0.3 is 0 Å². The lowest BCUT2D eigenvalue weighted by molar-refractivity contribution is -0.123. The Balaban J connectivity index is 1.89. The lowest BCUT2D eigenvalue weighted by Gasteiger charge is -2.15. The van der Waals surface area contributed by atoms with Gasteiger partial charge in [-0.05, 0) is 25.1 Å². The van der Waals surface area contributed by atoms with Crippen LogP contribution < -0.4 is 4.74 Å². The van der Waals surface area contributed by atoms with E-state index in [0.29, 0.717) is 11.3 Å². The van der Waals surface area contributed by atoms with Gasteiger partial charge in [0.25, 0.3) is 0 Å². The van der Waals surface area contributed by atoms with Gasteiger partial charge in [0.05, 0.1) is 0 Å². The van der Waals surface area contributed by atoms with Crippen LogP contribution >= 0.6 is 0 Å². The average Bonchev–Trinajstić information content (AvgIpc) is 2.86. The predicted molar refractivity (Wildman–Crippen MR) is 79.6 cm³/mol. The number of hydrogen-bond acceptors (Lipinski definition) is 3. The Morgan fingerprint density at radius 2 is 1.91 bits per heavy atom. The molecule has 112 valence electrons. The number of benzene rings is 2. The number of ketones is 2. The molecule has 2 atom stereocenters. The molecule has 0 aliphatic carbocycles. The Kier molecular flexibility index (Phi) is 3.75. The maximum atomic E-state index is 13.3. The Morgan fingerprint density at radius 1 is 1.14 bits per heavy atom. The normalized spacial score (nSPS) is 19.4. The Hall–Kier alpha value is -2.49. The minimum Gasteiger partial charge on any atom is -0.482 e. The molecule has 1 aliphatic rings. The van der Waals surface area contributed by atoms with Crippen molar-refractivity contribution in [3.8, 4) is 5.75 Å². The van der Waals surface area contributed by atoms with E-state index in [1.807, 2.05) is 18.2 Å². The fraction of sp³-hybridized carbons (Fsp3) is 0.222. The lowest BCUT2D eigenvalue weighted by Crippen LogP contribution is -2.28. The van der Waals surface area contributed by atoms with Gasteiger partial charge in [-0.15, -0.1) is 0 Å². The van der Waals surface area contributed by atoms with Crippen molar-refractivity contribution in [2.75, 3.05) is 0 Å². The highest BCUT2D eigenvalue weighted by atomic mass is 19.1. The topological polar surface area (TPSA) is 43.4 Å². The van der Waals surface area contributed by atoms with E-state index in [4.69, 9.17) is 4.74 Å². The number of hydrogen-bond donors (Lipinski definition) is 0. The van der Waals surface area contributed by atoms with Gasteiger partial charge in [0, 0.05) is 23.5 Å². The van der Waals surface area contributed by atoms with Crippen LogP contribution in [0.25, 0.3) is 0 Å². The molecule has 0 spiro atoms. The first-order chi connectivity index (χ1) is 10.6. The van der Waals surface area contributed by atoms with E-state index in [1.54, 1.807) is 12.1 Å². The number of rotatable bonds is 4. The number of fused-ring (bicyclic) bond motifs is 1.